The predicted octanol–water partition coefficient (Wildman–Crippen LogP) is 0.435. The molecule has 3 nitrogen and oxygen atoms in total. The van der Waals surface area contributed by atoms with Crippen LogP contribution >= 0.6 is 12.2 Å². The van der Waals surface area contributed by atoms with Gasteiger partial charge in [0.25, 0.3) is 0 Å². The molecule has 68 valence electrons. The quantitative estimate of drug-likeness (QED) is 0.626. The average Bonchev–Trinajstić information content (AvgIpc) is 2.81. The highest BCUT2D eigenvalue weighted by molar-refractivity contribution is 7.80. The minimum Gasteiger partial charge on any atom is -0.393 e. The number of nitrogens with two attached hydrogens (primary N) is 1. The summed E-state index contributed by atoms with van der Waals surface area (Å²) in [4.78, 5) is 11.6. The van der Waals surface area contributed by atoms with Crippen molar-refractivity contribution in [3.63, 3.8) is 0 Å². The van der Waals surface area contributed by atoms with E-state index in [0.717, 1.165) is 12.8 Å². The van der Waals surface area contributed by atoms with Crippen LogP contribution in [0.5, 0.6) is 0 Å². The predicted molar refractivity (Wildman–Crippen MR) is 51.7 cm³/mol. The molecule has 0 spiro atoms. The van der Waals surface area contributed by atoms with E-state index in [1.165, 1.54) is 0 Å². The van der Waals surface area contributed by atoms with Gasteiger partial charge in [0.15, 0.2) is 0 Å². The van der Waals surface area contributed by atoms with Gasteiger partial charge < -0.3 is 11.1 Å². The summed E-state index contributed by atoms with van der Waals surface area (Å²) >= 11 is 4.78. The molecule has 1 fully saturated rings. The molecule has 0 radical (unpaired) electrons. The van der Waals surface area contributed by atoms with Crippen molar-refractivity contribution in [1.29, 1.82) is 0 Å². The Balaban J connectivity index is 2.15. The van der Waals surface area contributed by atoms with Crippen LogP contribution in [-0.2, 0) is 4.79 Å². The van der Waals surface area contributed by atoms with E-state index in [2.05, 4.69) is 5.32 Å². The molecule has 0 aromatic carbocycles. The van der Waals surface area contributed by atoms with Gasteiger partial charge in [-0.2, -0.15) is 0 Å². The largest absolute Gasteiger partial charge is 0.393 e. The SMILES string of the molecule is CC(CNC(=O)C1CC1)C(N)=S. The lowest BCUT2D eigenvalue weighted by Crippen LogP contribution is -2.34. The summed E-state index contributed by atoms with van der Waals surface area (Å²) in [5.74, 6) is 0.518. The molecule has 0 aliphatic heterocycles. The van der Waals surface area contributed by atoms with Gasteiger partial charge in [0.2, 0.25) is 5.91 Å². The van der Waals surface area contributed by atoms with Crippen LogP contribution in [-0.4, -0.2) is 17.4 Å². The third-order valence-corrected chi connectivity index (χ3v) is 2.42. The Morgan fingerprint density at radius 1 is 1.75 bits per heavy atom. The minimum absolute atomic E-state index is 0.0997. The molecule has 12 heavy (non-hydrogen) atoms. The van der Waals surface area contributed by atoms with Crippen LogP contribution in [0, 0.1) is 11.8 Å². The molecule has 3 N–H and O–H groups in total. The fourth-order valence-corrected chi connectivity index (χ4v) is 0.927. The lowest BCUT2D eigenvalue weighted by molar-refractivity contribution is -0.122. The Kier molecular flexibility index (Phi) is 3.03. The maximum Gasteiger partial charge on any atom is 0.223 e. The smallest absolute Gasteiger partial charge is 0.223 e. The molecule has 1 saturated carbocycles. The highest BCUT2D eigenvalue weighted by atomic mass is 32.1. The van der Waals surface area contributed by atoms with E-state index in [9.17, 15) is 4.79 Å². The zero-order valence-electron chi connectivity index (χ0n) is 7.17. The first-order chi connectivity index (χ1) is 5.61. The molecule has 0 bridgehead atoms. The summed E-state index contributed by atoms with van der Waals surface area (Å²) in [6, 6.07) is 0. The lowest BCUT2D eigenvalue weighted by Gasteiger charge is -2.09. The summed E-state index contributed by atoms with van der Waals surface area (Å²) in [6.07, 6.45) is 2.07. The van der Waals surface area contributed by atoms with E-state index in [1.54, 1.807) is 0 Å². The average molecular weight is 186 g/mol. The van der Waals surface area contributed by atoms with E-state index < -0.39 is 0 Å². The number of rotatable bonds is 4. The van der Waals surface area contributed by atoms with E-state index in [-0.39, 0.29) is 17.7 Å². The number of amides is 1. The van der Waals surface area contributed by atoms with Gasteiger partial charge in [-0.1, -0.05) is 19.1 Å². The van der Waals surface area contributed by atoms with Crippen molar-refractivity contribution in [2.75, 3.05) is 6.54 Å². The molecule has 0 heterocycles. The molecular formula is C8H14N2OS. The van der Waals surface area contributed by atoms with Gasteiger partial charge in [0.05, 0.1) is 4.99 Å². The third kappa shape index (κ3) is 2.77. The maximum absolute atomic E-state index is 11.1. The van der Waals surface area contributed by atoms with Gasteiger partial charge in [0, 0.05) is 18.4 Å². The van der Waals surface area contributed by atoms with Crippen molar-refractivity contribution < 1.29 is 4.79 Å². The monoisotopic (exact) mass is 186 g/mol. The highest BCUT2D eigenvalue weighted by Gasteiger charge is 2.29. The van der Waals surface area contributed by atoms with Crippen LogP contribution in [0.25, 0.3) is 0 Å². The van der Waals surface area contributed by atoms with Crippen molar-refractivity contribution in [3.8, 4) is 0 Å². The Bertz CT molecular complexity index is 201. The van der Waals surface area contributed by atoms with Crippen molar-refractivity contribution in [1.82, 2.24) is 5.32 Å². The summed E-state index contributed by atoms with van der Waals surface area (Å²) in [6.45, 7) is 2.49. The first kappa shape index (κ1) is 9.45. The van der Waals surface area contributed by atoms with Crippen LogP contribution in [0.15, 0.2) is 0 Å². The van der Waals surface area contributed by atoms with E-state index >= 15 is 0 Å². The van der Waals surface area contributed by atoms with Gasteiger partial charge >= 0.3 is 0 Å². The molecule has 1 aliphatic rings. The fraction of sp³-hybridized carbons (Fsp3) is 0.750. The molecule has 4 heteroatoms. The molecule has 1 unspecified atom stereocenters. The lowest BCUT2D eigenvalue weighted by atomic mass is 10.2. The second-order valence-electron chi connectivity index (χ2n) is 3.32. The van der Waals surface area contributed by atoms with Gasteiger partial charge in [0.1, 0.15) is 0 Å². The number of carbonyl (C=O) groups is 1. The van der Waals surface area contributed by atoms with Gasteiger partial charge in [-0.3, -0.25) is 4.79 Å². The standard InChI is InChI=1S/C8H14N2OS/c1-5(7(9)12)4-10-8(11)6-2-3-6/h5-6H,2-4H2,1H3,(H2,9,12)(H,10,11). The zero-order chi connectivity index (χ0) is 9.14. The van der Waals surface area contributed by atoms with Gasteiger partial charge in [-0.25, -0.2) is 0 Å². The molecule has 1 rings (SSSR count). The molecule has 0 aromatic rings. The fourth-order valence-electron chi connectivity index (χ4n) is 0.844. The van der Waals surface area contributed by atoms with E-state index in [1.807, 2.05) is 6.92 Å². The van der Waals surface area contributed by atoms with E-state index in [0.29, 0.717) is 11.5 Å². The molecular weight excluding hydrogens is 172 g/mol. The van der Waals surface area contributed by atoms with Crippen LogP contribution in [0.2, 0.25) is 0 Å². The van der Waals surface area contributed by atoms with Crippen LogP contribution in [0.3, 0.4) is 0 Å². The Morgan fingerprint density at radius 3 is 2.75 bits per heavy atom. The summed E-state index contributed by atoms with van der Waals surface area (Å²) in [5.41, 5.74) is 5.39. The third-order valence-electron chi connectivity index (χ3n) is 2.02. The number of carbonyl (C=O) groups excluding carboxylic acids is 1. The summed E-state index contributed by atoms with van der Waals surface area (Å²) in [5, 5.41) is 2.82. The van der Waals surface area contributed by atoms with E-state index in [4.69, 9.17) is 18.0 Å². The van der Waals surface area contributed by atoms with Gasteiger partial charge in [-0.15, -0.1) is 0 Å². The van der Waals surface area contributed by atoms with Crippen LogP contribution in [0.1, 0.15) is 19.8 Å². The molecule has 0 saturated heterocycles. The van der Waals surface area contributed by atoms with Crippen molar-refractivity contribution >= 4 is 23.1 Å². The minimum atomic E-state index is 0.0997. The Hall–Kier alpha value is -0.640. The van der Waals surface area contributed by atoms with Crippen molar-refractivity contribution in [3.05, 3.63) is 0 Å². The highest BCUT2D eigenvalue weighted by Crippen LogP contribution is 2.28. The Labute approximate surface area is 77.7 Å². The maximum atomic E-state index is 11.1. The number of nitrogens with one attached hydrogen (secondary N) is 1. The summed E-state index contributed by atoms with van der Waals surface area (Å²) < 4.78 is 0. The van der Waals surface area contributed by atoms with Crippen LogP contribution < -0.4 is 11.1 Å². The van der Waals surface area contributed by atoms with Crippen molar-refractivity contribution in [2.24, 2.45) is 17.6 Å². The zero-order valence-corrected chi connectivity index (χ0v) is 7.99. The number of hydrogen-bond acceptors (Lipinski definition) is 2. The topological polar surface area (TPSA) is 55.1 Å². The van der Waals surface area contributed by atoms with Crippen molar-refractivity contribution in [2.45, 2.75) is 19.8 Å². The molecule has 0 aromatic heterocycles. The second-order valence-corrected chi connectivity index (χ2v) is 3.79. The van der Waals surface area contributed by atoms with Gasteiger partial charge in [-0.05, 0) is 12.8 Å². The summed E-state index contributed by atoms with van der Waals surface area (Å²) in [7, 11) is 0. The second kappa shape index (κ2) is 3.85. The Morgan fingerprint density at radius 2 is 2.33 bits per heavy atom. The number of hydrogen-bond donors (Lipinski definition) is 2. The normalized spacial score (nSPS) is 18.4. The van der Waals surface area contributed by atoms with Crippen LogP contribution in [0.4, 0.5) is 0 Å². The molecule has 1 amide bonds. The first-order valence-corrected chi connectivity index (χ1v) is 4.59. The molecule has 1 aliphatic carbocycles. The number of thiocarbonyl (C=S) groups is 1. The first-order valence-electron chi connectivity index (χ1n) is 4.18. The molecule has 1 atom stereocenters.